The number of carbonyl (C=O) groups is 2. The van der Waals surface area contributed by atoms with Gasteiger partial charge in [0, 0.05) is 35.1 Å². The second-order valence-electron chi connectivity index (χ2n) is 12.1. The summed E-state index contributed by atoms with van der Waals surface area (Å²) in [5.41, 5.74) is 0.376. The van der Waals surface area contributed by atoms with Crippen LogP contribution in [-0.4, -0.2) is 57.3 Å². The van der Waals surface area contributed by atoms with Gasteiger partial charge in [-0.1, -0.05) is 39.7 Å². The molecule has 5 rings (SSSR count). The molecule has 0 aliphatic carbocycles. The summed E-state index contributed by atoms with van der Waals surface area (Å²) in [7, 11) is 1.46. The lowest BCUT2D eigenvalue weighted by atomic mass is 9.93. The molecule has 2 aromatic carbocycles. The first-order chi connectivity index (χ1) is 21.2. The van der Waals surface area contributed by atoms with E-state index >= 15 is 0 Å². The van der Waals surface area contributed by atoms with E-state index in [1.165, 1.54) is 13.2 Å². The molecule has 3 aromatic rings. The second-order valence-corrected chi connectivity index (χ2v) is 13.4. The number of fused-ring (bicyclic) bond motifs is 3. The molecule has 1 aromatic heterocycles. The van der Waals surface area contributed by atoms with Gasteiger partial charge in [-0.2, -0.15) is 13.2 Å². The Morgan fingerprint density at radius 3 is 2.42 bits per heavy atom. The van der Waals surface area contributed by atoms with Crippen LogP contribution in [0.25, 0.3) is 5.69 Å². The Morgan fingerprint density at radius 1 is 1.07 bits per heavy atom. The van der Waals surface area contributed by atoms with Gasteiger partial charge in [0.25, 0.3) is 0 Å². The first kappa shape index (κ1) is 33.2. The zero-order valence-corrected chi connectivity index (χ0v) is 27.5. The maximum atomic E-state index is 14.3. The molecule has 2 aliphatic rings. The highest BCUT2D eigenvalue weighted by Crippen LogP contribution is 2.46. The van der Waals surface area contributed by atoms with Gasteiger partial charge < -0.3 is 19.1 Å². The minimum atomic E-state index is -4.84. The third kappa shape index (κ3) is 7.30. The predicted octanol–water partition coefficient (Wildman–Crippen LogP) is 7.23. The van der Waals surface area contributed by atoms with Crippen molar-refractivity contribution >= 4 is 39.4 Å². The predicted molar refractivity (Wildman–Crippen MR) is 162 cm³/mol. The molecule has 45 heavy (non-hydrogen) atoms. The van der Waals surface area contributed by atoms with Crippen molar-refractivity contribution in [2.45, 2.75) is 70.4 Å². The van der Waals surface area contributed by atoms with Crippen LogP contribution < -0.4 is 4.74 Å². The van der Waals surface area contributed by atoms with E-state index in [0.717, 1.165) is 4.57 Å². The number of esters is 1. The number of aromatic nitrogens is 3. The van der Waals surface area contributed by atoms with Crippen LogP contribution >= 0.6 is 27.5 Å². The lowest BCUT2D eigenvalue weighted by Crippen LogP contribution is -2.40. The Morgan fingerprint density at radius 2 is 1.78 bits per heavy atom. The van der Waals surface area contributed by atoms with Crippen molar-refractivity contribution in [3.05, 3.63) is 68.7 Å². The zero-order valence-electron chi connectivity index (χ0n) is 25.2. The average molecular weight is 714 g/mol. The van der Waals surface area contributed by atoms with Gasteiger partial charge in [0.05, 0.1) is 24.2 Å². The molecule has 1 fully saturated rings. The topological polar surface area (TPSA) is 95.8 Å². The second kappa shape index (κ2) is 12.9. The number of halogens is 5. The van der Waals surface area contributed by atoms with E-state index in [1.807, 2.05) is 20.8 Å². The molecular formula is C31H33BrClF3N4O5. The summed E-state index contributed by atoms with van der Waals surface area (Å²) < 4.78 is 61.7. The number of hydrogen-bond acceptors (Lipinski definition) is 7. The molecule has 242 valence electrons. The smallest absolute Gasteiger partial charge is 0.452 e. The number of likely N-dealkylation sites (tertiary alicyclic amines) is 1. The fourth-order valence-corrected chi connectivity index (χ4v) is 6.41. The van der Waals surface area contributed by atoms with Crippen LogP contribution in [0.3, 0.4) is 0 Å². The summed E-state index contributed by atoms with van der Waals surface area (Å²) >= 11 is 10.1. The van der Waals surface area contributed by atoms with Gasteiger partial charge >= 0.3 is 12.1 Å². The zero-order chi connectivity index (χ0) is 32.7. The van der Waals surface area contributed by atoms with E-state index in [2.05, 4.69) is 26.1 Å². The number of nitrogens with zero attached hydrogens (tertiary/aromatic N) is 4. The molecule has 0 unspecified atom stereocenters. The molecule has 2 atom stereocenters. The van der Waals surface area contributed by atoms with Crippen molar-refractivity contribution in [3.63, 3.8) is 0 Å². The van der Waals surface area contributed by atoms with Gasteiger partial charge in [0.15, 0.2) is 5.82 Å². The molecule has 1 amide bonds. The molecule has 1 saturated heterocycles. The first-order valence-corrected chi connectivity index (χ1v) is 15.6. The number of carbonyl (C=O) groups excluding carboxylic acids is 2. The number of alkyl halides is 3. The fourth-order valence-electron chi connectivity index (χ4n) is 5.72. The number of benzene rings is 2. The van der Waals surface area contributed by atoms with Crippen molar-refractivity contribution in [1.29, 1.82) is 0 Å². The van der Waals surface area contributed by atoms with Crippen molar-refractivity contribution in [1.82, 2.24) is 19.7 Å². The Labute approximate surface area is 272 Å². The molecule has 0 radical (unpaired) electrons. The molecule has 3 heterocycles. The van der Waals surface area contributed by atoms with Gasteiger partial charge in [-0.15, -0.1) is 10.2 Å². The van der Waals surface area contributed by atoms with E-state index in [0.29, 0.717) is 47.3 Å². The summed E-state index contributed by atoms with van der Waals surface area (Å²) in [5, 5.41) is 7.63. The van der Waals surface area contributed by atoms with E-state index in [-0.39, 0.29) is 47.2 Å². The number of hydrogen-bond donors (Lipinski definition) is 0. The molecule has 0 N–H and O–H groups in total. The maximum Gasteiger partial charge on any atom is 0.452 e. The van der Waals surface area contributed by atoms with Crippen LogP contribution in [0.1, 0.15) is 81.4 Å². The SMILES string of the molecule is COc1cccc([C@H]2O[C@H](CC(=O)N3CCC(CC(=O)OC(C)(C)C)CC3)c3nnc(C(F)(F)F)n3-c3ccc(Br)cc32)c1Cl. The van der Waals surface area contributed by atoms with Gasteiger partial charge in [0.1, 0.15) is 23.6 Å². The third-order valence-electron chi connectivity index (χ3n) is 7.74. The number of piperidine rings is 1. The first-order valence-electron chi connectivity index (χ1n) is 14.5. The molecule has 0 bridgehead atoms. The lowest BCUT2D eigenvalue weighted by Gasteiger charge is -2.33. The molecule has 0 spiro atoms. The highest BCUT2D eigenvalue weighted by Gasteiger charge is 2.44. The quantitative estimate of drug-likeness (QED) is 0.249. The van der Waals surface area contributed by atoms with E-state index < -0.39 is 29.8 Å². The number of ether oxygens (including phenoxy) is 3. The normalized spacial score (nSPS) is 19.0. The Hall–Kier alpha value is -3.16. The van der Waals surface area contributed by atoms with Crippen molar-refractivity contribution < 1.29 is 37.0 Å². The molecule has 0 saturated carbocycles. The summed E-state index contributed by atoms with van der Waals surface area (Å²) in [6.07, 6.45) is -5.89. The van der Waals surface area contributed by atoms with Gasteiger partial charge in [-0.05, 0) is 63.8 Å². The van der Waals surface area contributed by atoms with Crippen LogP contribution in [-0.2, 0) is 25.2 Å². The van der Waals surface area contributed by atoms with Crippen LogP contribution in [0, 0.1) is 5.92 Å². The maximum absolute atomic E-state index is 14.3. The van der Waals surface area contributed by atoms with Crippen molar-refractivity contribution in [2.75, 3.05) is 20.2 Å². The summed E-state index contributed by atoms with van der Waals surface area (Å²) in [6, 6.07) is 9.85. The summed E-state index contributed by atoms with van der Waals surface area (Å²) in [4.78, 5) is 27.6. The number of rotatable bonds is 6. The molecule has 9 nitrogen and oxygen atoms in total. The summed E-state index contributed by atoms with van der Waals surface area (Å²) in [6.45, 7) is 6.20. The minimum Gasteiger partial charge on any atom is -0.495 e. The lowest BCUT2D eigenvalue weighted by molar-refractivity contribution is -0.156. The average Bonchev–Trinajstić information content (AvgIpc) is 3.36. The van der Waals surface area contributed by atoms with Crippen LogP contribution in [0.15, 0.2) is 40.9 Å². The monoisotopic (exact) mass is 712 g/mol. The minimum absolute atomic E-state index is 0.0583. The standard InChI is InChI=1S/C31H33BrClF3N4O5/c1-30(2,3)45-25(42)14-17-10-12-39(13-11-17)24(41)16-23-28-37-38-29(31(34,35)36)40(28)21-9-8-18(32)15-20(21)27(44-23)19-6-5-7-22(43-4)26(19)33/h5-9,15,17,23,27H,10-14,16H2,1-4H3/t23-,27-/m1/s1. The highest BCUT2D eigenvalue weighted by atomic mass is 79.9. The van der Waals surface area contributed by atoms with E-state index in [9.17, 15) is 22.8 Å². The van der Waals surface area contributed by atoms with Gasteiger partial charge in [-0.3, -0.25) is 14.2 Å². The Balaban J connectivity index is 1.47. The van der Waals surface area contributed by atoms with Gasteiger partial charge in [-0.25, -0.2) is 0 Å². The largest absolute Gasteiger partial charge is 0.495 e. The Kier molecular flexibility index (Phi) is 9.53. The number of methoxy groups -OCH3 is 1. The van der Waals surface area contributed by atoms with Crippen LogP contribution in [0.2, 0.25) is 5.02 Å². The van der Waals surface area contributed by atoms with E-state index in [4.69, 9.17) is 25.8 Å². The molecule has 14 heteroatoms. The summed E-state index contributed by atoms with van der Waals surface area (Å²) in [5.74, 6) is -1.57. The van der Waals surface area contributed by atoms with Crippen molar-refractivity contribution in [3.8, 4) is 11.4 Å². The number of amides is 1. The van der Waals surface area contributed by atoms with Gasteiger partial charge in [0.2, 0.25) is 11.7 Å². The van der Waals surface area contributed by atoms with Crippen LogP contribution in [0.5, 0.6) is 5.75 Å². The van der Waals surface area contributed by atoms with Crippen molar-refractivity contribution in [2.24, 2.45) is 5.92 Å². The van der Waals surface area contributed by atoms with E-state index in [1.54, 1.807) is 35.2 Å². The fraction of sp³-hybridized carbons (Fsp3) is 0.484. The molecular weight excluding hydrogens is 681 g/mol. The molecule has 2 aliphatic heterocycles. The van der Waals surface area contributed by atoms with Crippen LogP contribution in [0.4, 0.5) is 13.2 Å². The highest BCUT2D eigenvalue weighted by molar-refractivity contribution is 9.10. The Bertz CT molecular complexity index is 1580. The third-order valence-corrected chi connectivity index (χ3v) is 8.64.